The Balaban J connectivity index is 1.86. The van der Waals surface area contributed by atoms with Gasteiger partial charge in [0.15, 0.2) is 5.78 Å². The molecule has 1 aromatic carbocycles. The zero-order chi connectivity index (χ0) is 17.3. The molecule has 0 fully saturated rings. The standard InChI is InChI=1S/C19H21NO4/c1-19(2)9-16(22)18-15(20-24-17(18)10-19)8-13(11-21)12-4-6-14(23-3)7-5-12/h4-7,11,13H,8-10H2,1-3H3. The first kappa shape index (κ1) is 16.4. The molecular formula is C19H21NO4. The molecule has 1 unspecified atom stereocenters. The van der Waals surface area contributed by atoms with E-state index in [1.165, 1.54) is 0 Å². The van der Waals surface area contributed by atoms with E-state index in [4.69, 9.17) is 9.26 Å². The maximum absolute atomic E-state index is 12.5. The van der Waals surface area contributed by atoms with Crippen molar-refractivity contribution in [3.8, 4) is 5.75 Å². The van der Waals surface area contributed by atoms with Gasteiger partial charge >= 0.3 is 0 Å². The van der Waals surface area contributed by atoms with Crippen molar-refractivity contribution in [3.05, 3.63) is 46.8 Å². The molecule has 0 radical (unpaired) electrons. The number of hydrogen-bond donors (Lipinski definition) is 0. The Hall–Kier alpha value is -2.43. The minimum absolute atomic E-state index is 0.0527. The van der Waals surface area contributed by atoms with Gasteiger partial charge in [-0.15, -0.1) is 0 Å². The number of ether oxygens (including phenoxy) is 1. The van der Waals surface area contributed by atoms with Crippen LogP contribution >= 0.6 is 0 Å². The summed E-state index contributed by atoms with van der Waals surface area (Å²) in [7, 11) is 1.60. The molecule has 5 nitrogen and oxygen atoms in total. The number of ketones is 1. The van der Waals surface area contributed by atoms with E-state index < -0.39 is 0 Å². The molecule has 24 heavy (non-hydrogen) atoms. The third-order valence-electron chi connectivity index (χ3n) is 4.51. The van der Waals surface area contributed by atoms with Gasteiger partial charge in [0.25, 0.3) is 0 Å². The minimum Gasteiger partial charge on any atom is -0.497 e. The van der Waals surface area contributed by atoms with Crippen LogP contribution in [-0.4, -0.2) is 24.3 Å². The topological polar surface area (TPSA) is 69.4 Å². The molecule has 0 saturated carbocycles. The number of hydrogen-bond acceptors (Lipinski definition) is 5. The molecule has 3 rings (SSSR count). The van der Waals surface area contributed by atoms with Crippen molar-refractivity contribution in [1.29, 1.82) is 0 Å². The van der Waals surface area contributed by atoms with E-state index >= 15 is 0 Å². The van der Waals surface area contributed by atoms with Crippen LogP contribution in [0.3, 0.4) is 0 Å². The Bertz CT molecular complexity index is 758. The fourth-order valence-electron chi connectivity index (χ4n) is 3.26. The summed E-state index contributed by atoms with van der Waals surface area (Å²) in [6.45, 7) is 4.09. The zero-order valence-electron chi connectivity index (χ0n) is 14.2. The van der Waals surface area contributed by atoms with Crippen LogP contribution in [0, 0.1) is 5.41 Å². The molecule has 5 heteroatoms. The molecule has 0 spiro atoms. The first-order valence-electron chi connectivity index (χ1n) is 8.03. The lowest BCUT2D eigenvalue weighted by atomic mass is 9.75. The van der Waals surface area contributed by atoms with Crippen LogP contribution < -0.4 is 4.74 Å². The highest BCUT2D eigenvalue weighted by atomic mass is 16.5. The quantitative estimate of drug-likeness (QED) is 0.788. The highest BCUT2D eigenvalue weighted by molar-refractivity contribution is 5.99. The van der Waals surface area contributed by atoms with E-state index in [-0.39, 0.29) is 17.1 Å². The van der Waals surface area contributed by atoms with Gasteiger partial charge in [0, 0.05) is 25.2 Å². The summed E-state index contributed by atoms with van der Waals surface area (Å²) in [5, 5.41) is 4.08. The van der Waals surface area contributed by atoms with Crippen molar-refractivity contribution in [3.63, 3.8) is 0 Å². The smallest absolute Gasteiger partial charge is 0.168 e. The molecule has 1 aliphatic rings. The molecule has 0 aliphatic heterocycles. The molecule has 0 amide bonds. The maximum atomic E-state index is 12.5. The number of benzene rings is 1. The van der Waals surface area contributed by atoms with Gasteiger partial charge in [0.05, 0.1) is 18.4 Å². The number of aldehydes is 1. The van der Waals surface area contributed by atoms with E-state index in [1.807, 2.05) is 38.1 Å². The van der Waals surface area contributed by atoms with Gasteiger partial charge in [-0.3, -0.25) is 4.79 Å². The molecule has 1 atom stereocenters. The fourth-order valence-corrected chi connectivity index (χ4v) is 3.26. The van der Waals surface area contributed by atoms with Gasteiger partial charge in [0.2, 0.25) is 0 Å². The summed E-state index contributed by atoms with van der Waals surface area (Å²) < 4.78 is 10.5. The van der Waals surface area contributed by atoms with E-state index in [2.05, 4.69) is 5.16 Å². The summed E-state index contributed by atoms with van der Waals surface area (Å²) in [6.07, 6.45) is 2.42. The van der Waals surface area contributed by atoms with E-state index in [0.29, 0.717) is 36.3 Å². The summed E-state index contributed by atoms with van der Waals surface area (Å²) in [5.74, 6) is 1.06. The first-order chi connectivity index (χ1) is 11.4. The van der Waals surface area contributed by atoms with Crippen LogP contribution in [0.5, 0.6) is 5.75 Å². The monoisotopic (exact) mass is 327 g/mol. The Kier molecular flexibility index (Phi) is 4.26. The number of methoxy groups -OCH3 is 1. The Morgan fingerprint density at radius 2 is 2.00 bits per heavy atom. The lowest BCUT2D eigenvalue weighted by molar-refractivity contribution is -0.109. The number of carbonyl (C=O) groups excluding carboxylic acids is 2. The fraction of sp³-hybridized carbons (Fsp3) is 0.421. The highest BCUT2D eigenvalue weighted by Crippen LogP contribution is 2.37. The second kappa shape index (κ2) is 6.23. The van der Waals surface area contributed by atoms with Crippen molar-refractivity contribution in [2.45, 2.75) is 39.0 Å². The summed E-state index contributed by atoms with van der Waals surface area (Å²) >= 11 is 0. The molecular weight excluding hydrogens is 306 g/mol. The van der Waals surface area contributed by atoms with Gasteiger partial charge in [0.1, 0.15) is 17.8 Å². The van der Waals surface area contributed by atoms with Crippen LogP contribution in [0.2, 0.25) is 0 Å². The summed E-state index contributed by atoms with van der Waals surface area (Å²) in [5.41, 5.74) is 1.92. The van der Waals surface area contributed by atoms with E-state index in [1.54, 1.807) is 7.11 Å². The Morgan fingerprint density at radius 3 is 2.62 bits per heavy atom. The largest absolute Gasteiger partial charge is 0.497 e. The Labute approximate surface area is 141 Å². The van der Waals surface area contributed by atoms with Crippen molar-refractivity contribution in [1.82, 2.24) is 5.16 Å². The average molecular weight is 327 g/mol. The normalized spacial score (nSPS) is 17.2. The van der Waals surface area contributed by atoms with Crippen LogP contribution in [0.1, 0.15) is 53.6 Å². The average Bonchev–Trinajstić information content (AvgIpc) is 2.94. The number of carbonyl (C=O) groups is 2. The number of nitrogens with zero attached hydrogens (tertiary/aromatic N) is 1. The van der Waals surface area contributed by atoms with Crippen molar-refractivity contribution in [2.75, 3.05) is 7.11 Å². The second-order valence-electron chi connectivity index (χ2n) is 7.09. The van der Waals surface area contributed by atoms with Gasteiger partial charge in [-0.25, -0.2) is 0 Å². The lowest BCUT2D eigenvalue weighted by Gasteiger charge is -2.26. The van der Waals surface area contributed by atoms with Gasteiger partial charge in [-0.1, -0.05) is 31.1 Å². The molecule has 1 aliphatic carbocycles. The summed E-state index contributed by atoms with van der Waals surface area (Å²) in [4.78, 5) is 24.0. The predicted octanol–water partition coefficient (Wildman–Crippen LogP) is 3.36. The molecule has 126 valence electrons. The SMILES string of the molecule is COc1ccc(C(C=O)Cc2noc3c2C(=O)CC(C)(C)C3)cc1. The van der Waals surface area contributed by atoms with Crippen molar-refractivity contribution >= 4 is 12.1 Å². The van der Waals surface area contributed by atoms with Gasteiger partial charge in [-0.2, -0.15) is 0 Å². The third kappa shape index (κ3) is 3.11. The molecule has 2 aromatic rings. The number of Topliss-reactive ketones (excluding diaryl/α,β-unsaturated/α-hetero) is 1. The van der Waals surface area contributed by atoms with Gasteiger partial charge in [-0.05, 0) is 23.1 Å². The highest BCUT2D eigenvalue weighted by Gasteiger charge is 2.36. The molecule has 1 heterocycles. The van der Waals surface area contributed by atoms with Crippen LogP contribution in [0.15, 0.2) is 28.8 Å². The number of rotatable bonds is 5. The van der Waals surface area contributed by atoms with Crippen molar-refractivity contribution in [2.24, 2.45) is 5.41 Å². The number of fused-ring (bicyclic) bond motifs is 1. The Morgan fingerprint density at radius 1 is 1.29 bits per heavy atom. The lowest BCUT2D eigenvalue weighted by Crippen LogP contribution is -2.26. The van der Waals surface area contributed by atoms with E-state index in [0.717, 1.165) is 17.6 Å². The van der Waals surface area contributed by atoms with Crippen LogP contribution in [0.4, 0.5) is 0 Å². The minimum atomic E-state index is -0.368. The van der Waals surface area contributed by atoms with E-state index in [9.17, 15) is 9.59 Å². The zero-order valence-corrected chi connectivity index (χ0v) is 14.2. The summed E-state index contributed by atoms with van der Waals surface area (Å²) in [6, 6.07) is 7.35. The predicted molar refractivity (Wildman–Crippen MR) is 88.4 cm³/mol. The number of aromatic nitrogens is 1. The molecule has 1 aromatic heterocycles. The molecule has 0 saturated heterocycles. The van der Waals surface area contributed by atoms with Gasteiger partial charge < -0.3 is 14.1 Å². The molecule has 0 N–H and O–H groups in total. The van der Waals surface area contributed by atoms with Crippen molar-refractivity contribution < 1.29 is 18.8 Å². The van der Waals surface area contributed by atoms with Crippen LogP contribution in [0.25, 0.3) is 0 Å². The maximum Gasteiger partial charge on any atom is 0.168 e. The third-order valence-corrected chi connectivity index (χ3v) is 4.51. The molecule has 0 bridgehead atoms. The van der Waals surface area contributed by atoms with Crippen LogP contribution in [-0.2, 0) is 17.6 Å². The second-order valence-corrected chi connectivity index (χ2v) is 7.09. The first-order valence-corrected chi connectivity index (χ1v) is 8.03.